The van der Waals surface area contributed by atoms with Gasteiger partial charge in [-0.2, -0.15) is 4.98 Å². The summed E-state index contributed by atoms with van der Waals surface area (Å²) >= 11 is 0. The third kappa shape index (κ3) is 4.46. The van der Waals surface area contributed by atoms with Crippen LogP contribution < -0.4 is 14.5 Å². The van der Waals surface area contributed by atoms with Gasteiger partial charge in [-0.1, -0.05) is 0 Å². The van der Waals surface area contributed by atoms with Gasteiger partial charge >= 0.3 is 0 Å². The van der Waals surface area contributed by atoms with E-state index >= 15 is 0 Å². The van der Waals surface area contributed by atoms with Crippen LogP contribution in [-0.4, -0.2) is 84.8 Å². The normalized spacial score (nSPS) is 17.2. The lowest BCUT2D eigenvalue weighted by Crippen LogP contribution is -2.49. The Kier molecular flexibility index (Phi) is 6.27. The highest BCUT2D eigenvalue weighted by Crippen LogP contribution is 2.22. The molecule has 0 aromatic carbocycles. The number of aromatic nitrogens is 3. The molecule has 1 amide bonds. The van der Waals surface area contributed by atoms with Gasteiger partial charge in [0.1, 0.15) is 5.82 Å². The van der Waals surface area contributed by atoms with Crippen LogP contribution in [0.25, 0.3) is 0 Å². The molecule has 9 nitrogen and oxygen atoms in total. The Morgan fingerprint density at radius 2 is 1.87 bits per heavy atom. The van der Waals surface area contributed by atoms with E-state index in [1.54, 1.807) is 6.20 Å². The van der Waals surface area contributed by atoms with Crippen LogP contribution in [0, 0.1) is 6.92 Å². The van der Waals surface area contributed by atoms with Crippen LogP contribution in [-0.2, 0) is 4.74 Å². The van der Waals surface area contributed by atoms with Gasteiger partial charge in [-0.3, -0.25) is 4.79 Å². The fraction of sp³-hybridized carbons (Fsp3) is 0.524. The van der Waals surface area contributed by atoms with Gasteiger partial charge < -0.3 is 24.2 Å². The summed E-state index contributed by atoms with van der Waals surface area (Å²) in [5.41, 5.74) is 1.52. The number of carbonyl (C=O) groups is 1. The summed E-state index contributed by atoms with van der Waals surface area (Å²) in [6, 6.07) is 5.52. The number of hydrogen-bond donors (Lipinski definition) is 0. The molecule has 0 aliphatic carbocycles. The van der Waals surface area contributed by atoms with Crippen LogP contribution in [0.4, 0.5) is 11.8 Å². The van der Waals surface area contributed by atoms with E-state index in [1.807, 2.05) is 36.9 Å². The van der Waals surface area contributed by atoms with Crippen molar-refractivity contribution in [1.29, 1.82) is 0 Å². The Labute approximate surface area is 176 Å². The third-order valence-corrected chi connectivity index (χ3v) is 5.29. The number of hydrogen-bond acceptors (Lipinski definition) is 8. The maximum atomic E-state index is 13.3. The van der Waals surface area contributed by atoms with Crippen molar-refractivity contribution in [3.8, 4) is 5.88 Å². The fourth-order valence-corrected chi connectivity index (χ4v) is 3.76. The number of aryl methyl sites for hydroxylation is 1. The molecule has 4 rings (SSSR count). The highest BCUT2D eigenvalue weighted by Gasteiger charge is 2.27. The number of carbonyl (C=O) groups excluding carboxylic acids is 1. The Morgan fingerprint density at radius 1 is 1.10 bits per heavy atom. The minimum atomic E-state index is 0.0180. The maximum Gasteiger partial charge on any atom is 0.257 e. The van der Waals surface area contributed by atoms with Gasteiger partial charge in [-0.15, -0.1) is 0 Å². The molecule has 0 N–H and O–H groups in total. The quantitative estimate of drug-likeness (QED) is 0.728. The first-order chi connectivity index (χ1) is 14.7. The van der Waals surface area contributed by atoms with Crippen molar-refractivity contribution in [1.82, 2.24) is 19.9 Å². The molecule has 30 heavy (non-hydrogen) atoms. The molecule has 0 atom stereocenters. The van der Waals surface area contributed by atoms with E-state index in [0.717, 1.165) is 24.6 Å². The number of piperazine rings is 1. The van der Waals surface area contributed by atoms with Gasteiger partial charge in [0.15, 0.2) is 0 Å². The molecule has 0 bridgehead atoms. The molecule has 0 saturated carbocycles. The zero-order valence-electron chi connectivity index (χ0n) is 17.6. The van der Waals surface area contributed by atoms with Crippen LogP contribution in [0.3, 0.4) is 0 Å². The van der Waals surface area contributed by atoms with Gasteiger partial charge in [-0.05, 0) is 26.0 Å². The minimum Gasteiger partial charge on any atom is -0.478 e. The van der Waals surface area contributed by atoms with Crippen molar-refractivity contribution in [2.45, 2.75) is 13.8 Å². The third-order valence-electron chi connectivity index (χ3n) is 5.29. The van der Waals surface area contributed by atoms with Crippen molar-refractivity contribution < 1.29 is 14.3 Å². The van der Waals surface area contributed by atoms with E-state index in [4.69, 9.17) is 9.47 Å². The lowest BCUT2D eigenvalue weighted by atomic mass is 10.2. The minimum absolute atomic E-state index is 0.0180. The molecule has 2 aliphatic heterocycles. The Balaban J connectivity index is 1.44. The van der Waals surface area contributed by atoms with Crippen LogP contribution in [0.5, 0.6) is 5.88 Å². The molecule has 0 unspecified atom stereocenters. The number of ether oxygens (including phenoxy) is 2. The van der Waals surface area contributed by atoms with Gasteiger partial charge in [0.05, 0.1) is 25.4 Å². The predicted molar refractivity (Wildman–Crippen MR) is 113 cm³/mol. The van der Waals surface area contributed by atoms with Crippen molar-refractivity contribution in [2.75, 3.05) is 68.9 Å². The van der Waals surface area contributed by atoms with E-state index in [9.17, 15) is 4.79 Å². The molecule has 0 radical (unpaired) electrons. The topological polar surface area (TPSA) is 83.9 Å². The second-order valence-corrected chi connectivity index (χ2v) is 7.33. The van der Waals surface area contributed by atoms with E-state index < -0.39 is 0 Å². The van der Waals surface area contributed by atoms with E-state index in [0.29, 0.717) is 63.4 Å². The first-order valence-electron chi connectivity index (χ1n) is 10.5. The van der Waals surface area contributed by atoms with E-state index in [1.165, 1.54) is 0 Å². The SMILES string of the molecule is CCOc1cc(C)nc(N2CCN(C(=O)c3cccnc3N3CCOCC3)CC2)n1. The average molecular weight is 412 g/mol. The second-order valence-electron chi connectivity index (χ2n) is 7.33. The molecular formula is C21H28N6O3. The summed E-state index contributed by atoms with van der Waals surface area (Å²) in [5.74, 6) is 2.01. The van der Waals surface area contributed by atoms with E-state index in [-0.39, 0.29) is 5.91 Å². The molecule has 2 aromatic rings. The molecule has 2 aliphatic rings. The number of pyridine rings is 1. The first kappa shape index (κ1) is 20.3. The second kappa shape index (κ2) is 9.25. The van der Waals surface area contributed by atoms with Crippen LogP contribution in [0.2, 0.25) is 0 Å². The Hall–Kier alpha value is -2.94. The summed E-state index contributed by atoms with van der Waals surface area (Å²) in [6.07, 6.45) is 1.74. The summed E-state index contributed by atoms with van der Waals surface area (Å²) < 4.78 is 11.0. The van der Waals surface area contributed by atoms with E-state index in [2.05, 4.69) is 24.8 Å². The summed E-state index contributed by atoms with van der Waals surface area (Å²) in [4.78, 5) is 32.9. The summed E-state index contributed by atoms with van der Waals surface area (Å²) in [5, 5.41) is 0. The number of morpholine rings is 1. The monoisotopic (exact) mass is 412 g/mol. The zero-order valence-corrected chi connectivity index (χ0v) is 17.6. The maximum absolute atomic E-state index is 13.3. The van der Waals surface area contributed by atoms with Crippen LogP contribution >= 0.6 is 0 Å². The van der Waals surface area contributed by atoms with Crippen LogP contribution in [0.1, 0.15) is 23.0 Å². The molecule has 9 heteroatoms. The number of anilines is 2. The van der Waals surface area contributed by atoms with Crippen molar-refractivity contribution in [3.63, 3.8) is 0 Å². The Morgan fingerprint density at radius 3 is 2.60 bits per heavy atom. The fourth-order valence-electron chi connectivity index (χ4n) is 3.76. The number of nitrogens with zero attached hydrogens (tertiary/aromatic N) is 6. The summed E-state index contributed by atoms with van der Waals surface area (Å²) in [6.45, 7) is 9.81. The van der Waals surface area contributed by atoms with Gasteiger partial charge in [0, 0.05) is 57.2 Å². The molecule has 2 fully saturated rings. The lowest BCUT2D eigenvalue weighted by Gasteiger charge is -2.36. The Bertz CT molecular complexity index is 879. The molecular weight excluding hydrogens is 384 g/mol. The molecule has 4 heterocycles. The van der Waals surface area contributed by atoms with Crippen molar-refractivity contribution in [3.05, 3.63) is 35.7 Å². The lowest BCUT2D eigenvalue weighted by molar-refractivity contribution is 0.0745. The molecule has 0 spiro atoms. The van der Waals surface area contributed by atoms with Gasteiger partial charge in [0.2, 0.25) is 11.8 Å². The number of rotatable bonds is 5. The molecule has 2 saturated heterocycles. The molecule has 160 valence electrons. The first-order valence-corrected chi connectivity index (χ1v) is 10.5. The van der Waals surface area contributed by atoms with Gasteiger partial charge in [-0.25, -0.2) is 9.97 Å². The number of amides is 1. The average Bonchev–Trinajstić information content (AvgIpc) is 2.79. The highest BCUT2D eigenvalue weighted by atomic mass is 16.5. The van der Waals surface area contributed by atoms with Crippen LogP contribution in [0.15, 0.2) is 24.4 Å². The smallest absolute Gasteiger partial charge is 0.257 e. The van der Waals surface area contributed by atoms with Gasteiger partial charge in [0.25, 0.3) is 5.91 Å². The zero-order chi connectivity index (χ0) is 20.9. The highest BCUT2D eigenvalue weighted by molar-refractivity contribution is 5.99. The standard InChI is InChI=1S/C21H28N6O3/c1-3-30-18-15-16(2)23-21(24-18)27-9-7-26(8-10-27)20(28)17-5-4-6-22-19(17)25-11-13-29-14-12-25/h4-6,15H,3,7-14H2,1-2H3. The van der Waals surface area contributed by atoms with Crippen molar-refractivity contribution >= 4 is 17.7 Å². The largest absolute Gasteiger partial charge is 0.478 e. The van der Waals surface area contributed by atoms with Crippen molar-refractivity contribution in [2.24, 2.45) is 0 Å². The molecule has 2 aromatic heterocycles. The predicted octanol–water partition coefficient (Wildman–Crippen LogP) is 1.38. The summed E-state index contributed by atoms with van der Waals surface area (Å²) in [7, 11) is 0.